The first-order chi connectivity index (χ1) is 11.0. The van der Waals surface area contributed by atoms with E-state index in [0.717, 1.165) is 11.0 Å². The molecule has 122 valence electrons. The van der Waals surface area contributed by atoms with E-state index in [0.29, 0.717) is 40.4 Å². The second-order valence-electron chi connectivity index (χ2n) is 5.04. The third-order valence-corrected chi connectivity index (χ3v) is 4.84. The number of carbonyl (C=O) groups is 1. The fraction of sp³-hybridized carbons (Fsp3) is 0.286. The molecule has 1 aromatic rings. The van der Waals surface area contributed by atoms with Crippen molar-refractivity contribution in [2.75, 3.05) is 26.8 Å². The summed E-state index contributed by atoms with van der Waals surface area (Å²) in [5.41, 5.74) is 0. The van der Waals surface area contributed by atoms with Gasteiger partial charge in [-0.05, 0) is 22.0 Å². The lowest BCUT2D eigenvalue weighted by Gasteiger charge is -2.26. The van der Waals surface area contributed by atoms with Gasteiger partial charge >= 0.3 is 6.09 Å². The topological polar surface area (TPSA) is 77.4 Å². The van der Waals surface area contributed by atoms with Gasteiger partial charge in [0.25, 0.3) is 0 Å². The number of hydrogen-bond acceptors (Lipinski definition) is 5. The molecule has 0 fully saturated rings. The minimum Gasteiger partial charge on any atom is -0.465 e. The maximum Gasteiger partial charge on any atom is 0.407 e. The molecule has 7 nitrogen and oxygen atoms in total. The number of ether oxygens (including phenoxy) is 1. The van der Waals surface area contributed by atoms with Crippen LogP contribution in [0.4, 0.5) is 4.79 Å². The number of nitrogens with one attached hydrogen (secondary N) is 1. The number of likely N-dealkylation sites (N-methyl/N-ethyl adjacent to an activating group) is 1. The van der Waals surface area contributed by atoms with Crippen molar-refractivity contribution in [3.05, 3.63) is 38.6 Å². The summed E-state index contributed by atoms with van der Waals surface area (Å²) >= 11 is 9.74. The molecule has 2 N–H and O–H groups in total. The SMILES string of the molecule is CN(CCN1C=COc2cc(Br)c(Cl)c3c2=C1NCN=3)C(=O)O. The Labute approximate surface area is 145 Å². The Morgan fingerprint density at radius 1 is 1.65 bits per heavy atom. The number of nitrogens with zero attached hydrogens (tertiary/aromatic N) is 3. The van der Waals surface area contributed by atoms with Crippen molar-refractivity contribution in [2.45, 2.75) is 0 Å². The molecule has 2 heterocycles. The van der Waals surface area contributed by atoms with E-state index in [1.54, 1.807) is 18.5 Å². The molecule has 9 heteroatoms. The molecular weight excluding hydrogens is 388 g/mol. The zero-order chi connectivity index (χ0) is 16.6. The Morgan fingerprint density at radius 2 is 2.43 bits per heavy atom. The van der Waals surface area contributed by atoms with E-state index in [1.807, 2.05) is 4.90 Å². The summed E-state index contributed by atoms with van der Waals surface area (Å²) in [5, 5.41) is 14.1. The molecule has 2 aliphatic rings. The molecule has 0 saturated heterocycles. The van der Waals surface area contributed by atoms with Gasteiger partial charge in [-0.3, -0.25) is 4.99 Å². The first-order valence-electron chi connectivity index (χ1n) is 6.83. The van der Waals surface area contributed by atoms with Crippen LogP contribution in [0.5, 0.6) is 5.75 Å². The summed E-state index contributed by atoms with van der Waals surface area (Å²) in [7, 11) is 1.53. The highest BCUT2D eigenvalue weighted by Crippen LogP contribution is 2.23. The zero-order valence-electron chi connectivity index (χ0n) is 12.2. The van der Waals surface area contributed by atoms with Crippen LogP contribution >= 0.6 is 27.5 Å². The summed E-state index contributed by atoms with van der Waals surface area (Å²) in [6.45, 7) is 1.20. The molecule has 0 spiro atoms. The fourth-order valence-electron chi connectivity index (χ4n) is 2.38. The molecule has 0 bridgehead atoms. The molecule has 0 unspecified atom stereocenters. The minimum absolute atomic E-state index is 0.344. The Hall–Kier alpha value is -1.93. The predicted molar refractivity (Wildman–Crippen MR) is 88.5 cm³/mol. The number of rotatable bonds is 3. The summed E-state index contributed by atoms with van der Waals surface area (Å²) in [6.07, 6.45) is 2.35. The molecule has 2 aliphatic heterocycles. The quantitative estimate of drug-likeness (QED) is 0.794. The molecule has 23 heavy (non-hydrogen) atoms. The normalized spacial score (nSPS) is 15.1. The molecule has 0 saturated carbocycles. The Kier molecular flexibility index (Phi) is 4.36. The number of hydrogen-bond donors (Lipinski definition) is 2. The van der Waals surface area contributed by atoms with Gasteiger partial charge in [-0.2, -0.15) is 0 Å². The van der Waals surface area contributed by atoms with Crippen LogP contribution in [-0.2, 0) is 0 Å². The van der Waals surface area contributed by atoms with Crippen molar-refractivity contribution in [3.8, 4) is 5.75 Å². The van der Waals surface area contributed by atoms with Gasteiger partial charge in [0.2, 0.25) is 0 Å². The standard InChI is InChI=1S/C14H14BrClN4O3/c1-19(14(21)22)2-3-20-4-5-23-9-6-8(15)11(16)12-10(9)13(20)18-7-17-12/h4-6,18H,2-3,7H2,1H3,(H,21,22). The summed E-state index contributed by atoms with van der Waals surface area (Å²) in [4.78, 5) is 18.5. The molecule has 0 aliphatic carbocycles. The second-order valence-corrected chi connectivity index (χ2v) is 6.27. The van der Waals surface area contributed by atoms with Crippen LogP contribution in [-0.4, -0.2) is 47.8 Å². The smallest absolute Gasteiger partial charge is 0.407 e. The van der Waals surface area contributed by atoms with E-state index in [1.165, 1.54) is 11.9 Å². The van der Waals surface area contributed by atoms with Crippen molar-refractivity contribution in [2.24, 2.45) is 4.99 Å². The van der Waals surface area contributed by atoms with E-state index in [9.17, 15) is 4.79 Å². The van der Waals surface area contributed by atoms with Crippen LogP contribution < -0.4 is 20.6 Å². The van der Waals surface area contributed by atoms with E-state index in [4.69, 9.17) is 21.4 Å². The third-order valence-electron chi connectivity index (χ3n) is 3.60. The first-order valence-corrected chi connectivity index (χ1v) is 8.01. The van der Waals surface area contributed by atoms with Gasteiger partial charge in [0.05, 0.1) is 15.6 Å². The average molecular weight is 402 g/mol. The van der Waals surface area contributed by atoms with Gasteiger partial charge in [0.15, 0.2) is 0 Å². The number of amides is 1. The maximum atomic E-state index is 10.9. The molecule has 0 radical (unpaired) electrons. The number of carboxylic acid groups (broad SMARTS) is 1. The van der Waals surface area contributed by atoms with E-state index in [2.05, 4.69) is 26.2 Å². The van der Waals surface area contributed by atoms with Gasteiger partial charge < -0.3 is 25.0 Å². The first kappa shape index (κ1) is 15.9. The summed E-state index contributed by atoms with van der Waals surface area (Å²) < 4.78 is 6.37. The van der Waals surface area contributed by atoms with Gasteiger partial charge in [-0.15, -0.1) is 0 Å². The lowest BCUT2D eigenvalue weighted by Crippen LogP contribution is -2.45. The lowest BCUT2D eigenvalue weighted by molar-refractivity contribution is 0.154. The second kappa shape index (κ2) is 6.29. The van der Waals surface area contributed by atoms with Gasteiger partial charge in [-0.1, -0.05) is 11.6 Å². The lowest BCUT2D eigenvalue weighted by atomic mass is 10.2. The van der Waals surface area contributed by atoms with Crippen LogP contribution in [0.25, 0.3) is 5.82 Å². The van der Waals surface area contributed by atoms with Crippen molar-refractivity contribution in [1.82, 2.24) is 15.1 Å². The van der Waals surface area contributed by atoms with Crippen molar-refractivity contribution < 1.29 is 14.6 Å². The zero-order valence-corrected chi connectivity index (χ0v) is 14.6. The van der Waals surface area contributed by atoms with Crippen LogP contribution in [0.2, 0.25) is 5.02 Å². The highest BCUT2D eigenvalue weighted by Gasteiger charge is 2.21. The predicted octanol–water partition coefficient (Wildman–Crippen LogP) is 1.12. The van der Waals surface area contributed by atoms with Crippen LogP contribution in [0.15, 0.2) is 28.0 Å². The van der Waals surface area contributed by atoms with Crippen molar-refractivity contribution >= 4 is 39.4 Å². The Balaban J connectivity index is 2.06. The largest absolute Gasteiger partial charge is 0.465 e. The monoisotopic (exact) mass is 400 g/mol. The summed E-state index contributed by atoms with van der Waals surface area (Å²) in [5.74, 6) is 1.43. The summed E-state index contributed by atoms with van der Waals surface area (Å²) in [6, 6.07) is 1.79. The van der Waals surface area contributed by atoms with Gasteiger partial charge in [-0.25, -0.2) is 4.79 Å². The molecule has 3 rings (SSSR count). The van der Waals surface area contributed by atoms with E-state index >= 15 is 0 Å². The average Bonchev–Trinajstić information content (AvgIpc) is 2.70. The molecule has 0 atom stereocenters. The number of benzene rings is 1. The fourth-order valence-corrected chi connectivity index (χ4v) is 2.98. The molecule has 1 amide bonds. The van der Waals surface area contributed by atoms with E-state index in [-0.39, 0.29) is 0 Å². The van der Waals surface area contributed by atoms with Crippen molar-refractivity contribution in [1.29, 1.82) is 0 Å². The van der Waals surface area contributed by atoms with Gasteiger partial charge in [0.1, 0.15) is 24.5 Å². The molecule has 1 aromatic carbocycles. The Morgan fingerprint density at radius 3 is 3.17 bits per heavy atom. The highest BCUT2D eigenvalue weighted by atomic mass is 79.9. The number of halogens is 2. The van der Waals surface area contributed by atoms with Crippen molar-refractivity contribution in [3.63, 3.8) is 0 Å². The van der Waals surface area contributed by atoms with E-state index < -0.39 is 6.09 Å². The van der Waals surface area contributed by atoms with Crippen LogP contribution in [0.3, 0.4) is 0 Å². The molecular formula is C14H14BrClN4O3. The van der Waals surface area contributed by atoms with Gasteiger partial charge in [0, 0.05) is 30.8 Å². The van der Waals surface area contributed by atoms with Crippen LogP contribution in [0.1, 0.15) is 0 Å². The minimum atomic E-state index is -0.968. The highest BCUT2D eigenvalue weighted by molar-refractivity contribution is 9.10. The molecule has 0 aromatic heterocycles. The Bertz CT molecular complexity index is 811. The van der Waals surface area contributed by atoms with Crippen LogP contribution in [0, 0.1) is 0 Å². The third kappa shape index (κ3) is 2.96. The maximum absolute atomic E-state index is 10.9.